The quantitative estimate of drug-likeness (QED) is 0.295. The van der Waals surface area contributed by atoms with E-state index >= 15 is 0 Å². The van der Waals surface area contributed by atoms with Crippen LogP contribution in [0.25, 0.3) is 0 Å². The normalized spacial score (nSPS) is 22.6. The van der Waals surface area contributed by atoms with Crippen molar-refractivity contribution >= 4 is 29.5 Å². The van der Waals surface area contributed by atoms with Crippen molar-refractivity contribution in [2.75, 3.05) is 39.3 Å². The maximum atomic E-state index is 13.3. The Kier molecular flexibility index (Phi) is 12.1. The number of rotatable bonds is 7. The number of likely N-dealkylation sites (tertiary alicyclic amines) is 1. The molecule has 5 N–H and O–H groups in total. The average Bonchev–Trinajstić information content (AvgIpc) is 3.46. The van der Waals surface area contributed by atoms with Crippen LogP contribution in [0.1, 0.15) is 70.2 Å². The van der Waals surface area contributed by atoms with Gasteiger partial charge in [0.1, 0.15) is 30.0 Å². The highest BCUT2D eigenvalue weighted by Gasteiger charge is 2.35. The number of benzene rings is 1. The molecule has 2 heterocycles. The number of hydrogen-bond acceptors (Lipinski definition) is 7. The van der Waals surface area contributed by atoms with Gasteiger partial charge in [-0.25, -0.2) is 0 Å². The second-order valence-electron chi connectivity index (χ2n) is 11.8. The summed E-state index contributed by atoms with van der Waals surface area (Å²) in [6.45, 7) is 10.5. The number of carbonyl (C=O) groups excluding carboxylic acids is 5. The van der Waals surface area contributed by atoms with Crippen molar-refractivity contribution in [3.8, 4) is 5.75 Å². The van der Waals surface area contributed by atoms with E-state index in [-0.39, 0.29) is 36.8 Å². The third kappa shape index (κ3) is 9.71. The number of fused-ring (bicyclic) bond motifs is 1. The Labute approximate surface area is 248 Å². The Hall–Kier alpha value is -3.67. The molecule has 0 unspecified atom stereocenters. The number of nitrogens with one attached hydrogen (secondary N) is 5. The fraction of sp³-hybridized carbons (Fsp3) is 0.633. The van der Waals surface area contributed by atoms with Crippen molar-refractivity contribution in [3.05, 3.63) is 29.8 Å². The van der Waals surface area contributed by atoms with E-state index in [0.29, 0.717) is 6.54 Å². The standard InChI is InChI=1S/C30H46N6O6/c1-20(2)25-28(40)32-14-18-42-23-12-6-5-11-21(23)26(38)33-22(19-24(37)35-30(3,4)29(41)34-25)27(39)31-13-7-8-15-36-16-9-10-17-36/h5-6,11-12,20,22,25H,7-10,13-19H2,1-4H3,(H,31,39)(H,32,40)(H,33,38)(H,34,41)(H,35,37)/t22-,25+/m0/s1. The molecule has 1 fully saturated rings. The van der Waals surface area contributed by atoms with Gasteiger partial charge in [0, 0.05) is 6.54 Å². The lowest BCUT2D eigenvalue weighted by Gasteiger charge is -2.30. The van der Waals surface area contributed by atoms with Crippen LogP contribution >= 0.6 is 0 Å². The van der Waals surface area contributed by atoms with Gasteiger partial charge in [0.15, 0.2) is 0 Å². The minimum absolute atomic E-state index is 0.0711. The van der Waals surface area contributed by atoms with Gasteiger partial charge in [0.2, 0.25) is 23.6 Å². The number of carbonyl (C=O) groups is 5. The zero-order chi connectivity index (χ0) is 30.7. The van der Waals surface area contributed by atoms with Crippen molar-refractivity contribution < 1.29 is 28.7 Å². The van der Waals surface area contributed by atoms with Crippen molar-refractivity contribution in [2.24, 2.45) is 5.92 Å². The van der Waals surface area contributed by atoms with Gasteiger partial charge in [-0.05, 0) is 77.2 Å². The van der Waals surface area contributed by atoms with Gasteiger partial charge >= 0.3 is 0 Å². The predicted molar refractivity (Wildman–Crippen MR) is 158 cm³/mol. The second kappa shape index (κ2) is 15.5. The molecule has 232 valence electrons. The fourth-order valence-corrected chi connectivity index (χ4v) is 4.97. The Morgan fingerprint density at radius 1 is 1.07 bits per heavy atom. The average molecular weight is 587 g/mol. The van der Waals surface area contributed by atoms with Gasteiger partial charge in [-0.15, -0.1) is 0 Å². The number of ether oxygens (including phenoxy) is 1. The highest BCUT2D eigenvalue weighted by atomic mass is 16.5. The summed E-state index contributed by atoms with van der Waals surface area (Å²) >= 11 is 0. The summed E-state index contributed by atoms with van der Waals surface area (Å²) in [5.41, 5.74) is -1.20. The first-order valence-corrected chi connectivity index (χ1v) is 14.9. The van der Waals surface area contributed by atoms with Crippen LogP contribution in [0.4, 0.5) is 0 Å². The highest BCUT2D eigenvalue weighted by Crippen LogP contribution is 2.18. The first-order chi connectivity index (χ1) is 20.0. The number of amides is 5. The predicted octanol–water partition coefficient (Wildman–Crippen LogP) is 0.712. The van der Waals surface area contributed by atoms with Gasteiger partial charge in [0.25, 0.3) is 5.91 Å². The summed E-state index contributed by atoms with van der Waals surface area (Å²) in [6.07, 6.45) is 3.75. The Bertz CT molecular complexity index is 1120. The van der Waals surface area contributed by atoms with Crippen LogP contribution in [-0.2, 0) is 19.2 Å². The van der Waals surface area contributed by atoms with Crippen molar-refractivity contribution in [1.82, 2.24) is 31.5 Å². The largest absolute Gasteiger partial charge is 0.491 e. The molecule has 0 spiro atoms. The summed E-state index contributed by atoms with van der Waals surface area (Å²) < 4.78 is 5.79. The molecule has 0 aliphatic carbocycles. The van der Waals surface area contributed by atoms with E-state index in [1.54, 1.807) is 38.1 Å². The van der Waals surface area contributed by atoms with Crippen molar-refractivity contribution in [1.29, 1.82) is 0 Å². The second-order valence-corrected chi connectivity index (χ2v) is 11.8. The molecule has 42 heavy (non-hydrogen) atoms. The topological polar surface area (TPSA) is 158 Å². The molecule has 2 aliphatic heterocycles. The smallest absolute Gasteiger partial charge is 0.255 e. The van der Waals surface area contributed by atoms with E-state index in [4.69, 9.17) is 4.74 Å². The van der Waals surface area contributed by atoms with Gasteiger partial charge in [-0.2, -0.15) is 0 Å². The van der Waals surface area contributed by atoms with Gasteiger partial charge in [-0.1, -0.05) is 26.0 Å². The number of hydrogen-bond donors (Lipinski definition) is 5. The minimum Gasteiger partial charge on any atom is -0.491 e. The molecule has 0 radical (unpaired) electrons. The van der Waals surface area contributed by atoms with Gasteiger partial charge < -0.3 is 36.2 Å². The van der Waals surface area contributed by atoms with E-state index in [1.807, 2.05) is 0 Å². The van der Waals surface area contributed by atoms with Crippen LogP contribution < -0.4 is 31.3 Å². The van der Waals surface area contributed by atoms with E-state index in [9.17, 15) is 24.0 Å². The summed E-state index contributed by atoms with van der Waals surface area (Å²) in [4.78, 5) is 68.0. The number of nitrogens with zero attached hydrogens (tertiary/aromatic N) is 1. The summed E-state index contributed by atoms with van der Waals surface area (Å²) in [6, 6.07) is 4.52. The molecule has 12 heteroatoms. The molecular weight excluding hydrogens is 540 g/mol. The van der Waals surface area contributed by atoms with E-state index in [1.165, 1.54) is 26.7 Å². The Balaban J connectivity index is 1.77. The number of para-hydroxylation sites is 1. The molecule has 1 saturated heterocycles. The lowest BCUT2D eigenvalue weighted by molar-refractivity contribution is -0.136. The Morgan fingerprint density at radius 2 is 1.79 bits per heavy atom. The van der Waals surface area contributed by atoms with Gasteiger partial charge in [-0.3, -0.25) is 24.0 Å². The monoisotopic (exact) mass is 586 g/mol. The molecule has 0 aromatic heterocycles. The Morgan fingerprint density at radius 3 is 2.50 bits per heavy atom. The SMILES string of the molecule is CC(C)[C@H]1NC(=O)C(C)(C)NC(=O)C[C@@H](C(=O)NCCCCN2CCCC2)NC(=O)c2ccccc2OCCNC1=O. The van der Waals surface area contributed by atoms with Crippen LogP contribution in [0.5, 0.6) is 5.75 Å². The molecule has 1 aromatic rings. The lowest BCUT2D eigenvalue weighted by atomic mass is 9.99. The third-order valence-electron chi connectivity index (χ3n) is 7.46. The van der Waals surface area contributed by atoms with Crippen molar-refractivity contribution in [3.63, 3.8) is 0 Å². The first kappa shape index (κ1) is 32.8. The van der Waals surface area contributed by atoms with Crippen LogP contribution in [0, 0.1) is 5.92 Å². The van der Waals surface area contributed by atoms with Crippen LogP contribution in [0.15, 0.2) is 24.3 Å². The van der Waals surface area contributed by atoms with E-state index in [2.05, 4.69) is 31.5 Å². The van der Waals surface area contributed by atoms with Crippen LogP contribution in [0.3, 0.4) is 0 Å². The molecule has 3 rings (SSSR count). The number of unbranched alkanes of at least 4 members (excludes halogenated alkanes) is 1. The molecule has 2 atom stereocenters. The molecule has 2 aliphatic rings. The van der Waals surface area contributed by atoms with Gasteiger partial charge in [0.05, 0.1) is 18.5 Å². The van der Waals surface area contributed by atoms with Crippen LogP contribution in [-0.4, -0.2) is 91.4 Å². The third-order valence-corrected chi connectivity index (χ3v) is 7.46. The maximum absolute atomic E-state index is 13.3. The molecule has 1 aromatic carbocycles. The molecule has 0 bridgehead atoms. The highest BCUT2D eigenvalue weighted by molar-refractivity contribution is 6.01. The molecular formula is C30H46N6O6. The zero-order valence-corrected chi connectivity index (χ0v) is 25.2. The fourth-order valence-electron chi connectivity index (χ4n) is 4.97. The summed E-state index contributed by atoms with van der Waals surface area (Å²) in [7, 11) is 0. The van der Waals surface area contributed by atoms with Crippen molar-refractivity contribution in [2.45, 2.75) is 77.4 Å². The summed E-state index contributed by atoms with van der Waals surface area (Å²) in [5, 5.41) is 13.7. The molecule has 12 nitrogen and oxygen atoms in total. The van der Waals surface area contributed by atoms with E-state index < -0.39 is 47.2 Å². The van der Waals surface area contributed by atoms with Crippen LogP contribution in [0.2, 0.25) is 0 Å². The molecule has 0 saturated carbocycles. The maximum Gasteiger partial charge on any atom is 0.255 e. The minimum atomic E-state index is -1.39. The zero-order valence-electron chi connectivity index (χ0n) is 25.2. The lowest BCUT2D eigenvalue weighted by Crippen LogP contribution is -2.60. The summed E-state index contributed by atoms with van der Waals surface area (Å²) in [5.74, 6) is -2.59. The first-order valence-electron chi connectivity index (χ1n) is 14.9. The molecule has 5 amide bonds. The van der Waals surface area contributed by atoms with E-state index in [0.717, 1.165) is 32.5 Å².